The van der Waals surface area contributed by atoms with Crippen LogP contribution in [0.3, 0.4) is 0 Å². The molecule has 1 aliphatic carbocycles. The highest BCUT2D eigenvalue weighted by molar-refractivity contribution is 5.89. The number of carbonyl (C=O) groups excluding carboxylic acids is 2. The summed E-state index contributed by atoms with van der Waals surface area (Å²) < 4.78 is 5.37. The maximum absolute atomic E-state index is 12.2. The highest BCUT2D eigenvalue weighted by Gasteiger charge is 2.33. The Morgan fingerprint density at radius 2 is 1.91 bits per heavy atom. The van der Waals surface area contributed by atoms with Crippen LogP contribution in [0.5, 0.6) is 0 Å². The van der Waals surface area contributed by atoms with Gasteiger partial charge in [0, 0.05) is 11.6 Å². The third-order valence-corrected chi connectivity index (χ3v) is 4.70. The molecular weight excluding hydrogens is 292 g/mol. The Hall–Kier alpha value is -2.04. The van der Waals surface area contributed by atoms with E-state index in [2.05, 4.69) is 5.32 Å². The third-order valence-electron chi connectivity index (χ3n) is 4.70. The molecule has 2 aliphatic rings. The molecule has 1 N–H and O–H groups in total. The summed E-state index contributed by atoms with van der Waals surface area (Å²) >= 11 is 0. The predicted molar refractivity (Wildman–Crippen MR) is 88.4 cm³/mol. The summed E-state index contributed by atoms with van der Waals surface area (Å²) in [5, 5.41) is 2.95. The largest absolute Gasteiger partial charge is 0.442 e. The van der Waals surface area contributed by atoms with E-state index in [0.29, 0.717) is 13.1 Å². The highest BCUT2D eigenvalue weighted by Crippen LogP contribution is 2.24. The van der Waals surface area contributed by atoms with Gasteiger partial charge in [-0.2, -0.15) is 0 Å². The molecular formula is C18H24N2O3. The normalized spacial score (nSPS) is 22.0. The summed E-state index contributed by atoms with van der Waals surface area (Å²) in [6.45, 7) is 2.88. The van der Waals surface area contributed by atoms with Crippen LogP contribution in [-0.4, -0.2) is 31.2 Å². The van der Waals surface area contributed by atoms with Crippen molar-refractivity contribution < 1.29 is 14.3 Å². The first-order valence-corrected chi connectivity index (χ1v) is 8.46. The second-order valence-electron chi connectivity index (χ2n) is 6.53. The van der Waals surface area contributed by atoms with Gasteiger partial charge in [-0.05, 0) is 31.9 Å². The standard InChI is InChI=1S/C18H24N2O3/c1-13-7-9-15(10-8-13)20-12-16(23-18(20)22)11-19-17(21)14-5-3-2-4-6-14/h7-10,14,16H,2-6,11-12H2,1H3,(H,19,21). The van der Waals surface area contributed by atoms with Crippen LogP contribution in [0.25, 0.3) is 0 Å². The van der Waals surface area contributed by atoms with Crippen molar-refractivity contribution >= 4 is 17.7 Å². The summed E-state index contributed by atoms with van der Waals surface area (Å²) in [5.74, 6) is 0.239. The average Bonchev–Trinajstić information content (AvgIpc) is 2.95. The van der Waals surface area contributed by atoms with Crippen molar-refractivity contribution in [2.24, 2.45) is 5.92 Å². The monoisotopic (exact) mass is 316 g/mol. The van der Waals surface area contributed by atoms with E-state index in [1.54, 1.807) is 4.90 Å². The van der Waals surface area contributed by atoms with Gasteiger partial charge in [0.2, 0.25) is 5.91 Å². The van der Waals surface area contributed by atoms with Gasteiger partial charge in [0.1, 0.15) is 6.10 Å². The number of cyclic esters (lactones) is 1. The first-order chi connectivity index (χ1) is 11.1. The molecule has 0 radical (unpaired) electrons. The number of nitrogens with one attached hydrogen (secondary N) is 1. The molecule has 1 aromatic rings. The first kappa shape index (κ1) is 15.8. The van der Waals surface area contributed by atoms with E-state index in [4.69, 9.17) is 4.74 Å². The van der Waals surface area contributed by atoms with Crippen LogP contribution >= 0.6 is 0 Å². The quantitative estimate of drug-likeness (QED) is 0.929. The molecule has 5 heteroatoms. The van der Waals surface area contributed by atoms with Gasteiger partial charge in [0.25, 0.3) is 0 Å². The zero-order valence-corrected chi connectivity index (χ0v) is 13.6. The zero-order chi connectivity index (χ0) is 16.2. The molecule has 3 rings (SSSR count). The molecule has 1 saturated carbocycles. The Morgan fingerprint density at radius 3 is 2.61 bits per heavy atom. The Labute approximate surface area is 137 Å². The van der Waals surface area contributed by atoms with Crippen LogP contribution in [0.1, 0.15) is 37.7 Å². The van der Waals surface area contributed by atoms with Crippen LogP contribution in [0, 0.1) is 12.8 Å². The average molecular weight is 316 g/mol. The number of hydrogen-bond acceptors (Lipinski definition) is 3. The fourth-order valence-electron chi connectivity index (χ4n) is 3.29. The van der Waals surface area contributed by atoms with Crippen molar-refractivity contribution in [2.75, 3.05) is 18.0 Å². The minimum absolute atomic E-state index is 0.106. The number of rotatable bonds is 4. The van der Waals surface area contributed by atoms with Gasteiger partial charge in [-0.25, -0.2) is 4.79 Å². The van der Waals surface area contributed by atoms with E-state index < -0.39 is 0 Å². The molecule has 1 aliphatic heterocycles. The molecule has 1 heterocycles. The summed E-state index contributed by atoms with van der Waals surface area (Å²) in [7, 11) is 0. The molecule has 1 saturated heterocycles. The van der Waals surface area contributed by atoms with Crippen molar-refractivity contribution in [3.8, 4) is 0 Å². The fourth-order valence-corrected chi connectivity index (χ4v) is 3.29. The van der Waals surface area contributed by atoms with Gasteiger partial charge >= 0.3 is 6.09 Å². The van der Waals surface area contributed by atoms with Crippen LogP contribution in [0.2, 0.25) is 0 Å². The first-order valence-electron chi connectivity index (χ1n) is 8.46. The van der Waals surface area contributed by atoms with E-state index in [0.717, 1.165) is 36.9 Å². The molecule has 2 fully saturated rings. The van der Waals surface area contributed by atoms with Crippen LogP contribution < -0.4 is 10.2 Å². The second kappa shape index (κ2) is 7.02. The molecule has 0 aromatic heterocycles. The van der Waals surface area contributed by atoms with E-state index >= 15 is 0 Å². The maximum Gasteiger partial charge on any atom is 0.414 e. The second-order valence-corrected chi connectivity index (χ2v) is 6.53. The lowest BCUT2D eigenvalue weighted by atomic mass is 9.88. The lowest BCUT2D eigenvalue weighted by Crippen LogP contribution is -2.38. The van der Waals surface area contributed by atoms with Crippen molar-refractivity contribution in [1.82, 2.24) is 5.32 Å². The molecule has 124 valence electrons. The molecule has 2 amide bonds. The highest BCUT2D eigenvalue weighted by atomic mass is 16.6. The Kier molecular flexibility index (Phi) is 4.84. The van der Waals surface area contributed by atoms with Gasteiger partial charge in [-0.3, -0.25) is 9.69 Å². The molecule has 1 unspecified atom stereocenters. The van der Waals surface area contributed by atoms with E-state index in [1.165, 1.54) is 6.42 Å². The van der Waals surface area contributed by atoms with Crippen molar-refractivity contribution in [1.29, 1.82) is 0 Å². The summed E-state index contributed by atoms with van der Waals surface area (Å²) in [6.07, 6.45) is 4.84. The molecule has 0 spiro atoms. The number of carbonyl (C=O) groups is 2. The number of hydrogen-bond donors (Lipinski definition) is 1. The smallest absolute Gasteiger partial charge is 0.414 e. The van der Waals surface area contributed by atoms with Crippen LogP contribution in [0.15, 0.2) is 24.3 Å². The SMILES string of the molecule is Cc1ccc(N2CC(CNC(=O)C3CCCCC3)OC2=O)cc1. The van der Waals surface area contributed by atoms with Gasteiger partial charge in [0.05, 0.1) is 13.1 Å². The Bertz CT molecular complexity index is 564. The topological polar surface area (TPSA) is 58.6 Å². The van der Waals surface area contributed by atoms with Gasteiger partial charge < -0.3 is 10.1 Å². The number of amides is 2. The number of aryl methyl sites for hydroxylation is 1. The molecule has 1 atom stereocenters. The molecule has 5 nitrogen and oxygen atoms in total. The molecule has 1 aromatic carbocycles. The summed E-state index contributed by atoms with van der Waals surface area (Å²) in [4.78, 5) is 25.8. The fraction of sp³-hybridized carbons (Fsp3) is 0.556. The number of nitrogens with zero attached hydrogens (tertiary/aromatic N) is 1. The Morgan fingerprint density at radius 1 is 1.22 bits per heavy atom. The Balaban J connectivity index is 1.51. The predicted octanol–water partition coefficient (Wildman–Crippen LogP) is 3.02. The van der Waals surface area contributed by atoms with Crippen LogP contribution in [0.4, 0.5) is 10.5 Å². The number of ether oxygens (including phenoxy) is 1. The lowest BCUT2D eigenvalue weighted by molar-refractivity contribution is -0.126. The van der Waals surface area contributed by atoms with Crippen LogP contribution in [-0.2, 0) is 9.53 Å². The van der Waals surface area contributed by atoms with E-state index in [9.17, 15) is 9.59 Å². The summed E-state index contributed by atoms with van der Waals surface area (Å²) in [5.41, 5.74) is 1.99. The lowest BCUT2D eigenvalue weighted by Gasteiger charge is -2.21. The van der Waals surface area contributed by atoms with Crippen molar-refractivity contribution in [2.45, 2.75) is 45.1 Å². The molecule has 0 bridgehead atoms. The zero-order valence-electron chi connectivity index (χ0n) is 13.6. The van der Waals surface area contributed by atoms with E-state index in [1.807, 2.05) is 31.2 Å². The van der Waals surface area contributed by atoms with Gasteiger partial charge in [0.15, 0.2) is 0 Å². The van der Waals surface area contributed by atoms with Crippen molar-refractivity contribution in [3.05, 3.63) is 29.8 Å². The maximum atomic E-state index is 12.2. The van der Waals surface area contributed by atoms with Gasteiger partial charge in [-0.15, -0.1) is 0 Å². The molecule has 23 heavy (non-hydrogen) atoms. The number of anilines is 1. The minimum Gasteiger partial charge on any atom is -0.442 e. The third kappa shape index (κ3) is 3.84. The summed E-state index contributed by atoms with van der Waals surface area (Å²) in [6, 6.07) is 7.78. The van der Waals surface area contributed by atoms with Gasteiger partial charge in [-0.1, -0.05) is 37.0 Å². The van der Waals surface area contributed by atoms with E-state index in [-0.39, 0.29) is 24.0 Å². The number of benzene rings is 1. The minimum atomic E-state index is -0.342. The van der Waals surface area contributed by atoms with Crippen molar-refractivity contribution in [3.63, 3.8) is 0 Å².